The van der Waals surface area contributed by atoms with Gasteiger partial charge < -0.3 is 14.2 Å². The molecule has 3 nitrogen and oxygen atoms in total. The second-order valence-electron chi connectivity index (χ2n) is 4.43. The van der Waals surface area contributed by atoms with E-state index in [0.717, 1.165) is 22.6 Å². The highest BCUT2D eigenvalue weighted by Crippen LogP contribution is 2.32. The minimum atomic E-state index is -0.274. The van der Waals surface area contributed by atoms with Gasteiger partial charge in [0.15, 0.2) is 11.5 Å². The van der Waals surface area contributed by atoms with Crippen molar-refractivity contribution in [3.05, 3.63) is 57.8 Å². The molecule has 0 amide bonds. The normalized spacial score (nSPS) is 12.7. The van der Waals surface area contributed by atoms with Gasteiger partial charge in [-0.2, -0.15) is 0 Å². The zero-order chi connectivity index (χ0) is 13.9. The molecule has 0 aromatic heterocycles. The lowest BCUT2D eigenvalue weighted by atomic mass is 10.2. The van der Waals surface area contributed by atoms with Crippen molar-refractivity contribution in [2.45, 2.75) is 13.2 Å². The summed E-state index contributed by atoms with van der Waals surface area (Å²) in [6, 6.07) is 10.6. The maximum absolute atomic E-state index is 13.1. The van der Waals surface area contributed by atoms with Gasteiger partial charge in [-0.05, 0) is 51.3 Å². The van der Waals surface area contributed by atoms with E-state index in [-0.39, 0.29) is 12.6 Å². The van der Waals surface area contributed by atoms with Crippen molar-refractivity contribution in [3.63, 3.8) is 0 Å². The highest BCUT2D eigenvalue weighted by atomic mass is 79.9. The number of benzene rings is 2. The van der Waals surface area contributed by atoms with E-state index in [9.17, 15) is 4.39 Å². The highest BCUT2D eigenvalue weighted by molar-refractivity contribution is 9.10. The maximum Gasteiger partial charge on any atom is 0.231 e. The van der Waals surface area contributed by atoms with Crippen molar-refractivity contribution in [2.24, 2.45) is 0 Å². The quantitative estimate of drug-likeness (QED) is 0.842. The van der Waals surface area contributed by atoms with Crippen molar-refractivity contribution in [2.75, 3.05) is 6.79 Å². The summed E-state index contributed by atoms with van der Waals surface area (Å²) in [7, 11) is 0. The Kier molecular flexibility index (Phi) is 3.89. The van der Waals surface area contributed by atoms with Crippen molar-refractivity contribution >= 4 is 15.9 Å². The Bertz CT molecular complexity index is 631. The molecule has 1 aliphatic rings. The van der Waals surface area contributed by atoms with Crippen LogP contribution in [0.1, 0.15) is 11.1 Å². The first kappa shape index (κ1) is 13.4. The number of fused-ring (bicyclic) bond motifs is 1. The first-order valence-corrected chi connectivity index (χ1v) is 6.92. The third kappa shape index (κ3) is 2.94. The Morgan fingerprint density at radius 1 is 1.00 bits per heavy atom. The molecule has 0 fully saturated rings. The van der Waals surface area contributed by atoms with Crippen molar-refractivity contribution < 1.29 is 18.6 Å². The van der Waals surface area contributed by atoms with Gasteiger partial charge in [-0.15, -0.1) is 0 Å². The molecule has 3 rings (SSSR count). The van der Waals surface area contributed by atoms with Gasteiger partial charge in [0.05, 0.1) is 17.7 Å². The van der Waals surface area contributed by atoms with Crippen LogP contribution in [0.2, 0.25) is 0 Å². The van der Waals surface area contributed by atoms with Crippen molar-refractivity contribution in [1.29, 1.82) is 0 Å². The molecule has 0 saturated carbocycles. The minimum Gasteiger partial charge on any atom is -0.454 e. The van der Waals surface area contributed by atoms with E-state index in [2.05, 4.69) is 15.9 Å². The fourth-order valence-corrected chi connectivity index (χ4v) is 2.37. The molecule has 0 aliphatic carbocycles. The zero-order valence-electron chi connectivity index (χ0n) is 10.6. The Labute approximate surface area is 124 Å². The van der Waals surface area contributed by atoms with E-state index < -0.39 is 0 Å². The molecular formula is C15H12BrFO3. The lowest BCUT2D eigenvalue weighted by Gasteiger charge is -2.06. The fourth-order valence-electron chi connectivity index (χ4n) is 1.95. The second-order valence-corrected chi connectivity index (χ2v) is 5.28. The van der Waals surface area contributed by atoms with Gasteiger partial charge >= 0.3 is 0 Å². The predicted octanol–water partition coefficient (Wildman–Crippen LogP) is 4.03. The predicted molar refractivity (Wildman–Crippen MR) is 75.2 cm³/mol. The smallest absolute Gasteiger partial charge is 0.231 e. The largest absolute Gasteiger partial charge is 0.454 e. The average molecular weight is 339 g/mol. The monoisotopic (exact) mass is 338 g/mol. The molecule has 104 valence electrons. The molecule has 0 atom stereocenters. The molecular weight excluding hydrogens is 327 g/mol. The Balaban J connectivity index is 1.58. The van der Waals surface area contributed by atoms with Gasteiger partial charge in [0.25, 0.3) is 0 Å². The van der Waals surface area contributed by atoms with E-state index >= 15 is 0 Å². The van der Waals surface area contributed by atoms with Crippen LogP contribution >= 0.6 is 15.9 Å². The number of hydrogen-bond acceptors (Lipinski definition) is 3. The molecule has 5 heteroatoms. The summed E-state index contributed by atoms with van der Waals surface area (Å²) in [6.45, 7) is 1.15. The van der Waals surface area contributed by atoms with Crippen molar-refractivity contribution in [1.82, 2.24) is 0 Å². The fraction of sp³-hybridized carbons (Fsp3) is 0.200. The molecule has 1 aliphatic heterocycles. The van der Waals surface area contributed by atoms with Gasteiger partial charge in [-0.1, -0.05) is 12.1 Å². The lowest BCUT2D eigenvalue weighted by Crippen LogP contribution is -1.95. The van der Waals surface area contributed by atoms with Gasteiger partial charge in [0, 0.05) is 0 Å². The third-order valence-corrected chi connectivity index (χ3v) is 3.57. The second kappa shape index (κ2) is 5.81. The Morgan fingerprint density at radius 3 is 2.50 bits per heavy atom. The molecule has 1 heterocycles. The van der Waals surface area contributed by atoms with E-state index in [0.29, 0.717) is 17.7 Å². The molecule has 0 radical (unpaired) electrons. The summed E-state index contributed by atoms with van der Waals surface area (Å²) in [5, 5.41) is 0. The summed E-state index contributed by atoms with van der Waals surface area (Å²) < 4.78 is 29.7. The molecule has 0 unspecified atom stereocenters. The van der Waals surface area contributed by atoms with Crippen LogP contribution in [-0.4, -0.2) is 6.79 Å². The lowest BCUT2D eigenvalue weighted by molar-refractivity contribution is 0.107. The highest BCUT2D eigenvalue weighted by Gasteiger charge is 2.13. The summed E-state index contributed by atoms with van der Waals surface area (Å²) in [5.74, 6) is 1.23. The van der Waals surface area contributed by atoms with E-state index in [4.69, 9.17) is 14.2 Å². The summed E-state index contributed by atoms with van der Waals surface area (Å²) >= 11 is 3.16. The summed E-state index contributed by atoms with van der Waals surface area (Å²) in [6.07, 6.45) is 0. The molecule has 0 spiro atoms. The molecule has 20 heavy (non-hydrogen) atoms. The van der Waals surface area contributed by atoms with Gasteiger partial charge in [-0.3, -0.25) is 0 Å². The Morgan fingerprint density at radius 2 is 1.70 bits per heavy atom. The average Bonchev–Trinajstić information content (AvgIpc) is 2.90. The van der Waals surface area contributed by atoms with Crippen LogP contribution in [0, 0.1) is 5.82 Å². The number of ether oxygens (including phenoxy) is 3. The molecule has 0 N–H and O–H groups in total. The van der Waals surface area contributed by atoms with Crippen LogP contribution < -0.4 is 9.47 Å². The molecule has 2 aromatic rings. The first-order valence-electron chi connectivity index (χ1n) is 6.12. The van der Waals surface area contributed by atoms with E-state index in [1.54, 1.807) is 12.1 Å². The van der Waals surface area contributed by atoms with Crippen LogP contribution in [0.25, 0.3) is 0 Å². The first-order chi connectivity index (χ1) is 9.72. The maximum atomic E-state index is 13.1. The Hall–Kier alpha value is -1.59. The van der Waals surface area contributed by atoms with E-state index in [1.807, 2.05) is 18.2 Å². The third-order valence-electron chi connectivity index (χ3n) is 2.96. The molecule has 0 bridgehead atoms. The van der Waals surface area contributed by atoms with Gasteiger partial charge in [-0.25, -0.2) is 4.39 Å². The number of rotatable bonds is 4. The topological polar surface area (TPSA) is 27.7 Å². The van der Waals surface area contributed by atoms with Crippen LogP contribution in [0.5, 0.6) is 11.5 Å². The summed E-state index contributed by atoms with van der Waals surface area (Å²) in [4.78, 5) is 0. The van der Waals surface area contributed by atoms with Crippen LogP contribution in [0.4, 0.5) is 4.39 Å². The van der Waals surface area contributed by atoms with E-state index in [1.165, 1.54) is 6.07 Å². The zero-order valence-corrected chi connectivity index (χ0v) is 12.2. The SMILES string of the molecule is Fc1ccc(COCc2ccc3c(c2)OCO3)cc1Br. The number of hydrogen-bond donors (Lipinski definition) is 0. The molecule has 2 aromatic carbocycles. The van der Waals surface area contributed by atoms with Crippen LogP contribution in [0.15, 0.2) is 40.9 Å². The van der Waals surface area contributed by atoms with Crippen molar-refractivity contribution in [3.8, 4) is 11.5 Å². The van der Waals surface area contributed by atoms with Crippen LogP contribution in [0.3, 0.4) is 0 Å². The standard InChI is InChI=1S/C15H12BrFO3/c16-12-5-10(1-3-13(12)17)7-18-8-11-2-4-14-15(6-11)20-9-19-14/h1-6H,7-9H2. The van der Waals surface area contributed by atoms with Gasteiger partial charge in [0.2, 0.25) is 6.79 Å². The number of halogens is 2. The van der Waals surface area contributed by atoms with Gasteiger partial charge in [0.1, 0.15) is 5.82 Å². The summed E-state index contributed by atoms with van der Waals surface area (Å²) in [5.41, 5.74) is 1.93. The minimum absolute atomic E-state index is 0.267. The molecule has 0 saturated heterocycles. The van der Waals surface area contributed by atoms with Crippen LogP contribution in [-0.2, 0) is 18.0 Å².